The molecule has 0 unspecified atom stereocenters. The van der Waals surface area contributed by atoms with Gasteiger partial charge in [0.15, 0.2) is 0 Å². The fourth-order valence-corrected chi connectivity index (χ4v) is 2.43. The summed E-state index contributed by atoms with van der Waals surface area (Å²) in [6.07, 6.45) is 20.7. The Bertz CT molecular complexity index is 152. The van der Waals surface area contributed by atoms with Gasteiger partial charge in [-0.2, -0.15) is 0 Å². The Kier molecular flexibility index (Phi) is 16.4. The van der Waals surface area contributed by atoms with Crippen molar-refractivity contribution in [2.75, 3.05) is 0 Å². The van der Waals surface area contributed by atoms with Gasteiger partial charge in [0, 0.05) is 0 Å². The first-order chi connectivity index (χ1) is 8.41. The van der Waals surface area contributed by atoms with Crippen LogP contribution in [0.1, 0.15) is 90.4 Å². The topological polar surface area (TPSA) is 0 Å². The van der Waals surface area contributed by atoms with E-state index in [1.54, 1.807) is 0 Å². The molecule has 0 atom stereocenters. The monoisotopic (exact) mass is 302 g/mol. The van der Waals surface area contributed by atoms with Crippen molar-refractivity contribution in [3.05, 3.63) is 11.1 Å². The van der Waals surface area contributed by atoms with Gasteiger partial charge < -0.3 is 0 Å². The first kappa shape index (κ1) is 17.2. The third-order valence-corrected chi connectivity index (χ3v) is 3.69. The van der Waals surface area contributed by atoms with Gasteiger partial charge in [-0.15, -0.1) is 0 Å². The maximum Gasteiger partial charge on any atom is -0.0229 e. The van der Waals surface area contributed by atoms with Crippen molar-refractivity contribution in [2.24, 2.45) is 0 Å². The minimum absolute atomic E-state index is 1.24. The molecule has 0 aliphatic rings. The van der Waals surface area contributed by atoms with E-state index in [1.165, 1.54) is 83.5 Å². The molecule has 17 heavy (non-hydrogen) atoms. The van der Waals surface area contributed by atoms with Gasteiger partial charge in [-0.05, 0) is 17.8 Å². The van der Waals surface area contributed by atoms with Crippen molar-refractivity contribution in [1.82, 2.24) is 0 Å². The van der Waals surface area contributed by atoms with E-state index in [9.17, 15) is 0 Å². The van der Waals surface area contributed by atoms with Crippen molar-refractivity contribution >= 4 is 15.9 Å². The minimum atomic E-state index is 1.24. The van der Waals surface area contributed by atoms with E-state index in [1.807, 2.05) is 4.99 Å². The van der Waals surface area contributed by atoms with E-state index < -0.39 is 0 Å². The molecule has 0 heterocycles. The second-order valence-corrected chi connectivity index (χ2v) is 5.57. The smallest absolute Gasteiger partial charge is 0.0229 e. The Morgan fingerprint density at radius 3 is 1.47 bits per heavy atom. The first-order valence-corrected chi connectivity index (χ1v) is 8.58. The van der Waals surface area contributed by atoms with Gasteiger partial charge in [0.05, 0.1) is 0 Å². The minimum Gasteiger partial charge on any atom is -0.0776 e. The maximum atomic E-state index is 3.30. The lowest BCUT2D eigenvalue weighted by Gasteiger charge is -2.02. The van der Waals surface area contributed by atoms with E-state index >= 15 is 0 Å². The number of unbranched alkanes of at least 4 members (excludes halogenated alkanes) is 12. The van der Waals surface area contributed by atoms with Crippen molar-refractivity contribution in [1.29, 1.82) is 0 Å². The molecule has 0 N–H and O–H groups in total. The Balaban J connectivity index is 2.89. The van der Waals surface area contributed by atoms with Gasteiger partial charge in [0.25, 0.3) is 0 Å². The third-order valence-electron chi connectivity index (χ3n) is 3.31. The van der Waals surface area contributed by atoms with Gasteiger partial charge in [0.2, 0.25) is 0 Å². The second kappa shape index (κ2) is 16.2. The summed E-state index contributed by atoms with van der Waals surface area (Å²) in [6, 6.07) is 0. The van der Waals surface area contributed by atoms with E-state index in [2.05, 4.69) is 28.9 Å². The number of allylic oxidation sites excluding steroid dienone is 1. The van der Waals surface area contributed by atoms with Gasteiger partial charge in [-0.1, -0.05) is 99.6 Å². The van der Waals surface area contributed by atoms with Crippen molar-refractivity contribution in [3.8, 4) is 0 Å². The second-order valence-electron chi connectivity index (χ2n) is 5.04. The van der Waals surface area contributed by atoms with Crippen LogP contribution in [0.3, 0.4) is 0 Å². The summed E-state index contributed by atoms with van der Waals surface area (Å²) < 4.78 is 0. The zero-order chi connectivity index (χ0) is 12.6. The fourth-order valence-electron chi connectivity index (χ4n) is 2.17. The van der Waals surface area contributed by atoms with E-state index in [0.717, 1.165) is 0 Å². The predicted molar refractivity (Wildman–Crippen MR) is 83.8 cm³/mol. The maximum absolute atomic E-state index is 3.30. The molecule has 0 radical (unpaired) electrons. The third kappa shape index (κ3) is 16.2. The molecule has 0 aliphatic carbocycles. The van der Waals surface area contributed by atoms with Gasteiger partial charge in [0.1, 0.15) is 0 Å². The number of hydrogen-bond acceptors (Lipinski definition) is 0. The summed E-state index contributed by atoms with van der Waals surface area (Å²) in [7, 11) is 0. The standard InChI is InChI=1S/C16H31Br/c1-2-3-4-5-6-7-8-9-10-11-12-13-14-15-16-17/h15-16H,2-14H2,1H3/b16-15-. The SMILES string of the molecule is CCCCCCCCCCCCCC/C=C\Br. The summed E-state index contributed by atoms with van der Waals surface area (Å²) in [5.41, 5.74) is 0. The Morgan fingerprint density at radius 2 is 1.06 bits per heavy atom. The van der Waals surface area contributed by atoms with Crippen LogP contribution >= 0.6 is 15.9 Å². The summed E-state index contributed by atoms with van der Waals surface area (Å²) in [6.45, 7) is 2.29. The lowest BCUT2D eigenvalue weighted by molar-refractivity contribution is 0.545. The Morgan fingerprint density at radius 1 is 0.647 bits per heavy atom. The summed E-state index contributed by atoms with van der Waals surface area (Å²) in [4.78, 5) is 1.98. The highest BCUT2D eigenvalue weighted by Gasteiger charge is 1.92. The van der Waals surface area contributed by atoms with E-state index in [4.69, 9.17) is 0 Å². The van der Waals surface area contributed by atoms with Gasteiger partial charge in [-0.25, -0.2) is 0 Å². The lowest BCUT2D eigenvalue weighted by atomic mass is 10.0. The molecule has 0 aromatic heterocycles. The average molecular weight is 303 g/mol. The molecule has 0 nitrogen and oxygen atoms in total. The molecule has 0 aliphatic heterocycles. The molecule has 0 saturated carbocycles. The zero-order valence-electron chi connectivity index (χ0n) is 11.7. The van der Waals surface area contributed by atoms with E-state index in [-0.39, 0.29) is 0 Å². The molecule has 0 aromatic carbocycles. The molecule has 0 bridgehead atoms. The first-order valence-electron chi connectivity index (χ1n) is 7.67. The van der Waals surface area contributed by atoms with Crippen molar-refractivity contribution in [2.45, 2.75) is 90.4 Å². The van der Waals surface area contributed by atoms with Crippen LogP contribution in [-0.4, -0.2) is 0 Å². The molecule has 0 saturated heterocycles. The van der Waals surface area contributed by atoms with Crippen LogP contribution in [0.5, 0.6) is 0 Å². The van der Waals surface area contributed by atoms with Crippen LogP contribution in [0.25, 0.3) is 0 Å². The Labute approximate surface area is 117 Å². The molecule has 0 fully saturated rings. The highest BCUT2D eigenvalue weighted by molar-refractivity contribution is 9.11. The van der Waals surface area contributed by atoms with Crippen LogP contribution in [0.15, 0.2) is 11.1 Å². The van der Waals surface area contributed by atoms with Crippen LogP contribution in [0, 0.1) is 0 Å². The van der Waals surface area contributed by atoms with E-state index in [0.29, 0.717) is 0 Å². The molecule has 1 heteroatoms. The molecule has 0 spiro atoms. The normalized spacial score (nSPS) is 11.4. The summed E-state index contributed by atoms with van der Waals surface area (Å²) in [5, 5.41) is 0. The van der Waals surface area contributed by atoms with Gasteiger partial charge in [-0.3, -0.25) is 0 Å². The van der Waals surface area contributed by atoms with Gasteiger partial charge >= 0.3 is 0 Å². The molecule has 102 valence electrons. The number of rotatable bonds is 13. The highest BCUT2D eigenvalue weighted by atomic mass is 79.9. The van der Waals surface area contributed by atoms with Crippen LogP contribution in [0.4, 0.5) is 0 Å². The fraction of sp³-hybridized carbons (Fsp3) is 0.875. The predicted octanol–water partition coefficient (Wildman–Crippen LogP) is 6.99. The average Bonchev–Trinajstić information content (AvgIpc) is 2.35. The largest absolute Gasteiger partial charge is 0.0776 e. The van der Waals surface area contributed by atoms with Crippen molar-refractivity contribution in [3.63, 3.8) is 0 Å². The summed E-state index contributed by atoms with van der Waals surface area (Å²) >= 11 is 3.30. The van der Waals surface area contributed by atoms with Crippen LogP contribution in [0.2, 0.25) is 0 Å². The lowest BCUT2D eigenvalue weighted by Crippen LogP contribution is -1.82. The number of hydrogen-bond donors (Lipinski definition) is 0. The molecular weight excluding hydrogens is 272 g/mol. The molecular formula is C16H31Br. The van der Waals surface area contributed by atoms with Crippen LogP contribution < -0.4 is 0 Å². The molecule has 0 rings (SSSR count). The Hall–Kier alpha value is 0.220. The molecule has 0 amide bonds. The summed E-state index contributed by atoms with van der Waals surface area (Å²) in [5.74, 6) is 0. The number of halogens is 1. The quantitative estimate of drug-likeness (QED) is 0.322. The molecule has 0 aromatic rings. The van der Waals surface area contributed by atoms with Crippen LogP contribution in [-0.2, 0) is 0 Å². The highest BCUT2D eigenvalue weighted by Crippen LogP contribution is 2.12. The van der Waals surface area contributed by atoms with Crippen molar-refractivity contribution < 1.29 is 0 Å². The zero-order valence-corrected chi connectivity index (χ0v) is 13.3.